The Balaban J connectivity index is 1.12. The Labute approximate surface area is 353 Å². The Morgan fingerprint density at radius 1 is 0.361 bits per heavy atom. The highest BCUT2D eigenvalue weighted by atomic mass is 16.3. The van der Waals surface area contributed by atoms with Gasteiger partial charge >= 0.3 is 0 Å². The smallest absolute Gasteiger partial charge is 0.159 e. The molecule has 0 atom stereocenters. The van der Waals surface area contributed by atoms with E-state index in [0.29, 0.717) is 0 Å². The van der Waals surface area contributed by atoms with E-state index in [0.717, 1.165) is 72.3 Å². The molecule has 0 aliphatic rings. The van der Waals surface area contributed by atoms with Gasteiger partial charge in [0.2, 0.25) is 0 Å². The van der Waals surface area contributed by atoms with Crippen LogP contribution in [0.3, 0.4) is 0 Å². The van der Waals surface area contributed by atoms with E-state index in [4.69, 9.17) is 4.42 Å². The van der Waals surface area contributed by atoms with Crippen molar-refractivity contribution in [2.45, 2.75) is 0 Å². The van der Waals surface area contributed by atoms with E-state index in [2.05, 4.69) is 240 Å². The number of rotatable bonds is 7. The standard InChI is InChI=1S/C58H38N2O/c1-4-18-39(19-5-1)40-34-36-43(37-35-40)59(52-31-14-12-24-44(52)41-20-6-2-7-21-41)54-33-17-30-50-56-47-27-11-10-25-45(47)51(38-55(56)61-58(50)54)49-29-16-28-48-46-26-13-15-32-53(46)60(57(48)49)42-22-8-3-9-23-42/h1-38H. The van der Waals surface area contributed by atoms with Crippen molar-refractivity contribution in [1.29, 1.82) is 0 Å². The van der Waals surface area contributed by atoms with Crippen LogP contribution in [0.15, 0.2) is 235 Å². The van der Waals surface area contributed by atoms with Gasteiger partial charge in [-0.25, -0.2) is 0 Å². The van der Waals surface area contributed by atoms with Crippen molar-refractivity contribution in [2.24, 2.45) is 0 Å². The Hall–Kier alpha value is -8.14. The summed E-state index contributed by atoms with van der Waals surface area (Å²) < 4.78 is 9.67. The van der Waals surface area contributed by atoms with Gasteiger partial charge in [0.15, 0.2) is 5.58 Å². The summed E-state index contributed by atoms with van der Waals surface area (Å²) in [5, 5.41) is 6.99. The maximum atomic E-state index is 7.25. The molecule has 12 rings (SSSR count). The monoisotopic (exact) mass is 778 g/mol. The predicted molar refractivity (Wildman–Crippen MR) is 257 cm³/mol. The van der Waals surface area contributed by atoms with E-state index >= 15 is 0 Å². The van der Waals surface area contributed by atoms with E-state index in [1.54, 1.807) is 0 Å². The lowest BCUT2D eigenvalue weighted by Gasteiger charge is -2.28. The van der Waals surface area contributed by atoms with Crippen LogP contribution in [0.2, 0.25) is 0 Å². The maximum Gasteiger partial charge on any atom is 0.159 e. The average molecular weight is 779 g/mol. The second kappa shape index (κ2) is 14.3. The van der Waals surface area contributed by atoms with Gasteiger partial charge in [-0.1, -0.05) is 182 Å². The third-order valence-electron chi connectivity index (χ3n) is 12.2. The van der Waals surface area contributed by atoms with Gasteiger partial charge in [0, 0.05) is 44.0 Å². The second-order valence-corrected chi connectivity index (χ2v) is 15.6. The molecule has 3 heteroatoms. The Bertz CT molecular complexity index is 3570. The van der Waals surface area contributed by atoms with Crippen LogP contribution >= 0.6 is 0 Å². The molecule has 0 saturated carbocycles. The highest BCUT2D eigenvalue weighted by molar-refractivity contribution is 6.25. The molecule has 0 amide bonds. The zero-order valence-electron chi connectivity index (χ0n) is 33.2. The third-order valence-corrected chi connectivity index (χ3v) is 12.2. The predicted octanol–water partition coefficient (Wildman–Crippen LogP) is 16.3. The first-order valence-corrected chi connectivity index (χ1v) is 20.9. The topological polar surface area (TPSA) is 21.3 Å². The molecule has 61 heavy (non-hydrogen) atoms. The number of nitrogens with zero attached hydrogens (tertiary/aromatic N) is 2. The minimum atomic E-state index is 0.839. The van der Waals surface area contributed by atoms with Gasteiger partial charge < -0.3 is 13.9 Å². The lowest BCUT2D eigenvalue weighted by atomic mass is 9.93. The fourth-order valence-corrected chi connectivity index (χ4v) is 9.50. The molecule has 0 fully saturated rings. The van der Waals surface area contributed by atoms with Crippen LogP contribution < -0.4 is 4.90 Å². The number of aromatic nitrogens is 1. The number of furan rings is 1. The number of fused-ring (bicyclic) bond motifs is 8. The molecule has 0 saturated heterocycles. The molecule has 0 unspecified atom stereocenters. The van der Waals surface area contributed by atoms with Crippen molar-refractivity contribution >= 4 is 71.6 Å². The minimum absolute atomic E-state index is 0.839. The van der Waals surface area contributed by atoms with Gasteiger partial charge in [-0.15, -0.1) is 0 Å². The SMILES string of the molecule is c1ccc(-c2ccc(N(c3ccccc3-c3ccccc3)c3cccc4c3oc3cc(-c5cccc6c7ccccc7n(-c7ccccc7)c56)c5ccccc5c34)cc2)cc1. The van der Waals surface area contributed by atoms with Gasteiger partial charge in [-0.2, -0.15) is 0 Å². The van der Waals surface area contributed by atoms with Crippen LogP contribution in [0.1, 0.15) is 0 Å². The minimum Gasteiger partial charge on any atom is -0.454 e. The number of para-hydroxylation sites is 5. The summed E-state index contributed by atoms with van der Waals surface area (Å²) >= 11 is 0. The van der Waals surface area contributed by atoms with Crippen molar-refractivity contribution in [3.8, 4) is 39.1 Å². The molecule has 0 aliphatic carbocycles. The summed E-state index contributed by atoms with van der Waals surface area (Å²) in [6.07, 6.45) is 0. The molecule has 2 heterocycles. The molecule has 0 spiro atoms. The molecule has 10 aromatic carbocycles. The fraction of sp³-hybridized carbons (Fsp3) is 0. The zero-order chi connectivity index (χ0) is 40.3. The van der Waals surface area contributed by atoms with Crippen molar-refractivity contribution in [2.75, 3.05) is 4.90 Å². The van der Waals surface area contributed by atoms with Crippen LogP contribution in [0.4, 0.5) is 17.1 Å². The Kier molecular flexibility index (Phi) is 8.17. The second-order valence-electron chi connectivity index (χ2n) is 15.6. The average Bonchev–Trinajstić information content (AvgIpc) is 3.89. The Morgan fingerprint density at radius 3 is 1.70 bits per heavy atom. The van der Waals surface area contributed by atoms with Crippen LogP contribution in [0.25, 0.3) is 93.6 Å². The summed E-state index contributed by atoms with van der Waals surface area (Å²) in [6.45, 7) is 0. The van der Waals surface area contributed by atoms with Gasteiger partial charge in [-0.3, -0.25) is 0 Å². The first-order chi connectivity index (χ1) is 30.3. The molecule has 12 aromatic rings. The molecule has 0 N–H and O–H groups in total. The van der Waals surface area contributed by atoms with Gasteiger partial charge in [-0.05, 0) is 81.6 Å². The van der Waals surface area contributed by atoms with Gasteiger partial charge in [0.05, 0.1) is 22.4 Å². The zero-order valence-corrected chi connectivity index (χ0v) is 33.2. The lowest BCUT2D eigenvalue weighted by molar-refractivity contribution is 0.669. The van der Waals surface area contributed by atoms with Gasteiger partial charge in [0.25, 0.3) is 0 Å². The summed E-state index contributed by atoms with van der Waals surface area (Å²) in [5.41, 5.74) is 15.2. The van der Waals surface area contributed by atoms with Crippen molar-refractivity contribution in [1.82, 2.24) is 4.57 Å². The first-order valence-electron chi connectivity index (χ1n) is 20.9. The molecule has 3 nitrogen and oxygen atoms in total. The summed E-state index contributed by atoms with van der Waals surface area (Å²) in [7, 11) is 0. The maximum absolute atomic E-state index is 7.25. The normalized spacial score (nSPS) is 11.6. The first kappa shape index (κ1) is 34.9. The van der Waals surface area contributed by atoms with E-state index in [1.165, 1.54) is 38.3 Å². The summed E-state index contributed by atoms with van der Waals surface area (Å²) in [5.74, 6) is 0. The number of benzene rings is 10. The van der Waals surface area contributed by atoms with Gasteiger partial charge in [0.1, 0.15) is 5.58 Å². The number of hydrogen-bond donors (Lipinski definition) is 0. The molecule has 0 bridgehead atoms. The van der Waals surface area contributed by atoms with E-state index in [1.807, 2.05) is 0 Å². The highest BCUT2D eigenvalue weighted by Gasteiger charge is 2.25. The van der Waals surface area contributed by atoms with Crippen molar-refractivity contribution in [3.63, 3.8) is 0 Å². The number of anilines is 3. The quantitative estimate of drug-likeness (QED) is 0.161. The number of hydrogen-bond acceptors (Lipinski definition) is 2. The van der Waals surface area contributed by atoms with E-state index in [-0.39, 0.29) is 0 Å². The Morgan fingerprint density at radius 2 is 0.918 bits per heavy atom. The molecular formula is C58H38N2O. The van der Waals surface area contributed by atoms with Crippen LogP contribution in [0.5, 0.6) is 0 Å². The molecule has 286 valence electrons. The molecule has 2 aromatic heterocycles. The summed E-state index contributed by atoms with van der Waals surface area (Å²) in [6, 6.07) is 82.6. The van der Waals surface area contributed by atoms with Crippen LogP contribution in [-0.2, 0) is 0 Å². The third kappa shape index (κ3) is 5.66. The van der Waals surface area contributed by atoms with Crippen LogP contribution in [0, 0.1) is 0 Å². The van der Waals surface area contributed by atoms with E-state index < -0.39 is 0 Å². The van der Waals surface area contributed by atoms with Crippen molar-refractivity contribution < 1.29 is 4.42 Å². The van der Waals surface area contributed by atoms with E-state index in [9.17, 15) is 0 Å². The molecule has 0 radical (unpaired) electrons. The fourth-order valence-electron chi connectivity index (χ4n) is 9.50. The largest absolute Gasteiger partial charge is 0.454 e. The van der Waals surface area contributed by atoms with Crippen molar-refractivity contribution in [3.05, 3.63) is 231 Å². The summed E-state index contributed by atoms with van der Waals surface area (Å²) in [4.78, 5) is 2.37. The van der Waals surface area contributed by atoms with Crippen LogP contribution in [-0.4, -0.2) is 4.57 Å². The highest BCUT2D eigenvalue weighted by Crippen LogP contribution is 2.49. The lowest BCUT2D eigenvalue weighted by Crippen LogP contribution is -2.11. The molecular weight excluding hydrogens is 741 g/mol. The molecule has 0 aliphatic heterocycles.